The molecule has 1 N–H and O–H groups in total. The van der Waals surface area contributed by atoms with Crippen LogP contribution in [-0.2, 0) is 5.54 Å². The van der Waals surface area contributed by atoms with Crippen LogP contribution in [0.4, 0.5) is 0 Å². The van der Waals surface area contributed by atoms with Crippen LogP contribution in [0.2, 0.25) is 0 Å². The van der Waals surface area contributed by atoms with Gasteiger partial charge in [0.25, 0.3) is 0 Å². The molecule has 1 heterocycles. The lowest BCUT2D eigenvalue weighted by Crippen LogP contribution is -2.46. The standard InChI is InChI=1S/C14H24N2S/c1-6-9(2)14(5,16-12-7-8-12)13-15-10(3)11(4)17-13/h9,12,16H,6-8H2,1-5H3. The Balaban J connectivity index is 2.30. The summed E-state index contributed by atoms with van der Waals surface area (Å²) in [6.07, 6.45) is 3.85. The van der Waals surface area contributed by atoms with Crippen molar-refractivity contribution >= 4 is 11.3 Å². The van der Waals surface area contributed by atoms with Gasteiger partial charge >= 0.3 is 0 Å². The van der Waals surface area contributed by atoms with Gasteiger partial charge in [0.2, 0.25) is 0 Å². The fraction of sp³-hybridized carbons (Fsp3) is 0.786. The molecule has 1 aliphatic rings. The molecule has 1 aromatic rings. The van der Waals surface area contributed by atoms with Crippen molar-refractivity contribution in [2.24, 2.45) is 5.92 Å². The van der Waals surface area contributed by atoms with E-state index in [1.807, 2.05) is 11.3 Å². The quantitative estimate of drug-likeness (QED) is 0.863. The zero-order valence-corrected chi connectivity index (χ0v) is 12.4. The van der Waals surface area contributed by atoms with Crippen LogP contribution in [0.1, 0.15) is 55.6 Å². The van der Waals surface area contributed by atoms with Crippen molar-refractivity contribution in [1.29, 1.82) is 0 Å². The summed E-state index contributed by atoms with van der Waals surface area (Å²) in [5.74, 6) is 0.619. The van der Waals surface area contributed by atoms with E-state index < -0.39 is 0 Å². The predicted molar refractivity (Wildman–Crippen MR) is 74.6 cm³/mol. The summed E-state index contributed by atoms with van der Waals surface area (Å²) in [7, 11) is 0. The monoisotopic (exact) mass is 252 g/mol. The predicted octanol–water partition coefficient (Wildman–Crippen LogP) is 3.77. The lowest BCUT2D eigenvalue weighted by molar-refractivity contribution is 0.238. The van der Waals surface area contributed by atoms with Gasteiger partial charge in [-0.25, -0.2) is 4.98 Å². The molecule has 17 heavy (non-hydrogen) atoms. The van der Waals surface area contributed by atoms with Crippen molar-refractivity contribution in [2.75, 3.05) is 0 Å². The molecule has 3 heteroatoms. The second kappa shape index (κ2) is 4.69. The summed E-state index contributed by atoms with van der Waals surface area (Å²) < 4.78 is 0. The minimum Gasteiger partial charge on any atom is -0.303 e. The minimum atomic E-state index is 0.0552. The van der Waals surface area contributed by atoms with Crippen LogP contribution in [-0.4, -0.2) is 11.0 Å². The molecule has 0 radical (unpaired) electrons. The van der Waals surface area contributed by atoms with Gasteiger partial charge in [-0.3, -0.25) is 0 Å². The summed E-state index contributed by atoms with van der Waals surface area (Å²) in [6, 6.07) is 0.721. The molecule has 1 aliphatic carbocycles. The maximum atomic E-state index is 4.79. The molecule has 0 aliphatic heterocycles. The molecule has 0 saturated heterocycles. The highest BCUT2D eigenvalue weighted by Gasteiger charge is 2.39. The van der Waals surface area contributed by atoms with E-state index >= 15 is 0 Å². The van der Waals surface area contributed by atoms with Crippen molar-refractivity contribution in [3.8, 4) is 0 Å². The van der Waals surface area contributed by atoms with Gasteiger partial charge in [0.15, 0.2) is 0 Å². The van der Waals surface area contributed by atoms with Gasteiger partial charge in [0, 0.05) is 10.9 Å². The average molecular weight is 252 g/mol. The van der Waals surface area contributed by atoms with Crippen molar-refractivity contribution in [3.05, 3.63) is 15.6 Å². The molecule has 2 atom stereocenters. The van der Waals surface area contributed by atoms with Gasteiger partial charge in [-0.15, -0.1) is 11.3 Å². The highest BCUT2D eigenvalue weighted by molar-refractivity contribution is 7.11. The molecule has 0 aromatic carbocycles. The summed E-state index contributed by atoms with van der Waals surface area (Å²) in [5, 5.41) is 5.09. The summed E-state index contributed by atoms with van der Waals surface area (Å²) in [5.41, 5.74) is 1.25. The number of aryl methyl sites for hydroxylation is 2. The van der Waals surface area contributed by atoms with E-state index in [1.165, 1.54) is 34.8 Å². The molecule has 1 aromatic heterocycles. The largest absolute Gasteiger partial charge is 0.303 e. The summed E-state index contributed by atoms with van der Waals surface area (Å²) >= 11 is 1.86. The first-order valence-corrected chi connectivity index (χ1v) is 7.51. The number of hydrogen-bond donors (Lipinski definition) is 1. The van der Waals surface area contributed by atoms with E-state index in [2.05, 4.69) is 39.9 Å². The molecule has 1 saturated carbocycles. The van der Waals surface area contributed by atoms with Crippen molar-refractivity contribution in [1.82, 2.24) is 10.3 Å². The van der Waals surface area contributed by atoms with E-state index in [0.29, 0.717) is 5.92 Å². The molecule has 0 amide bonds. The third-order valence-corrected chi connectivity index (χ3v) is 5.46. The van der Waals surface area contributed by atoms with Crippen LogP contribution in [0, 0.1) is 19.8 Å². The van der Waals surface area contributed by atoms with E-state index in [1.54, 1.807) is 0 Å². The third-order valence-electron chi connectivity index (χ3n) is 4.15. The Hall–Kier alpha value is -0.410. The second-order valence-electron chi connectivity index (χ2n) is 5.59. The molecule has 2 unspecified atom stereocenters. The van der Waals surface area contributed by atoms with E-state index in [0.717, 1.165) is 6.04 Å². The average Bonchev–Trinajstić information content (AvgIpc) is 3.03. The van der Waals surface area contributed by atoms with E-state index in [4.69, 9.17) is 4.98 Å². The van der Waals surface area contributed by atoms with Crippen LogP contribution in [0.25, 0.3) is 0 Å². The summed E-state index contributed by atoms with van der Waals surface area (Å²) in [4.78, 5) is 6.14. The molecule has 2 rings (SSSR count). The SMILES string of the molecule is CCC(C)C(C)(NC1CC1)c1nc(C)c(C)s1. The van der Waals surface area contributed by atoms with Crippen molar-refractivity contribution in [2.45, 2.75) is 65.5 Å². The van der Waals surface area contributed by atoms with Gasteiger partial charge in [0.05, 0.1) is 11.2 Å². The number of thiazole rings is 1. The topological polar surface area (TPSA) is 24.9 Å². The molecular weight excluding hydrogens is 228 g/mol. The zero-order chi connectivity index (χ0) is 12.6. The Morgan fingerprint density at radius 1 is 1.47 bits per heavy atom. The smallest absolute Gasteiger partial charge is 0.113 e. The van der Waals surface area contributed by atoms with Crippen LogP contribution in [0.5, 0.6) is 0 Å². The van der Waals surface area contributed by atoms with Gasteiger partial charge in [0.1, 0.15) is 5.01 Å². The number of nitrogens with one attached hydrogen (secondary N) is 1. The van der Waals surface area contributed by atoms with Crippen LogP contribution >= 0.6 is 11.3 Å². The minimum absolute atomic E-state index is 0.0552. The third kappa shape index (κ3) is 2.55. The van der Waals surface area contributed by atoms with Crippen molar-refractivity contribution < 1.29 is 0 Å². The van der Waals surface area contributed by atoms with E-state index in [-0.39, 0.29) is 5.54 Å². The molecule has 96 valence electrons. The first-order valence-electron chi connectivity index (χ1n) is 6.69. The highest BCUT2D eigenvalue weighted by atomic mass is 32.1. The first-order chi connectivity index (χ1) is 7.97. The Bertz CT molecular complexity index is 375. The number of hydrogen-bond acceptors (Lipinski definition) is 3. The molecule has 0 bridgehead atoms. The maximum Gasteiger partial charge on any atom is 0.113 e. The van der Waals surface area contributed by atoms with E-state index in [9.17, 15) is 0 Å². The van der Waals surface area contributed by atoms with Crippen LogP contribution in [0.15, 0.2) is 0 Å². The molecule has 0 spiro atoms. The first kappa shape index (κ1) is 13.0. The Morgan fingerprint density at radius 2 is 2.12 bits per heavy atom. The second-order valence-corrected chi connectivity index (χ2v) is 6.79. The molecule has 1 fully saturated rings. The number of aromatic nitrogens is 1. The fourth-order valence-electron chi connectivity index (χ4n) is 2.17. The Labute approximate surface area is 109 Å². The fourth-order valence-corrected chi connectivity index (χ4v) is 3.31. The van der Waals surface area contributed by atoms with Gasteiger partial charge < -0.3 is 5.32 Å². The van der Waals surface area contributed by atoms with Gasteiger partial charge in [-0.1, -0.05) is 20.3 Å². The highest BCUT2D eigenvalue weighted by Crippen LogP contribution is 2.38. The Morgan fingerprint density at radius 3 is 2.53 bits per heavy atom. The van der Waals surface area contributed by atoms with Crippen LogP contribution < -0.4 is 5.32 Å². The zero-order valence-electron chi connectivity index (χ0n) is 11.6. The van der Waals surface area contributed by atoms with Crippen molar-refractivity contribution in [3.63, 3.8) is 0 Å². The normalized spacial score (nSPS) is 21.2. The Kier molecular flexibility index (Phi) is 3.60. The lowest BCUT2D eigenvalue weighted by Gasteiger charge is -2.35. The van der Waals surface area contributed by atoms with Gasteiger partial charge in [-0.2, -0.15) is 0 Å². The summed E-state index contributed by atoms with van der Waals surface area (Å²) in [6.45, 7) is 11.2. The van der Waals surface area contributed by atoms with Crippen LogP contribution in [0.3, 0.4) is 0 Å². The molecule has 2 nitrogen and oxygen atoms in total. The number of nitrogens with zero attached hydrogens (tertiary/aromatic N) is 1. The lowest BCUT2D eigenvalue weighted by atomic mass is 9.85. The number of rotatable bonds is 5. The van der Waals surface area contributed by atoms with Gasteiger partial charge in [-0.05, 0) is 39.5 Å². The molecular formula is C14H24N2S. The maximum absolute atomic E-state index is 4.79.